The van der Waals surface area contributed by atoms with Crippen molar-refractivity contribution in [3.05, 3.63) is 0 Å². The van der Waals surface area contributed by atoms with E-state index in [1.165, 1.54) is 0 Å². The van der Waals surface area contributed by atoms with Crippen molar-refractivity contribution in [1.82, 2.24) is 0 Å². The Labute approximate surface area is 90.2 Å². The molecule has 0 radical (unpaired) electrons. The molecule has 1 fully saturated rings. The minimum absolute atomic E-state index is 0.0340. The number of aliphatic carboxylic acids is 1. The molecule has 0 amide bonds. The minimum Gasteiger partial charge on any atom is -0.481 e. The third kappa shape index (κ3) is 3.47. The molecular formula is C11H20O4. The summed E-state index contributed by atoms with van der Waals surface area (Å²) in [4.78, 5) is 10.7. The molecule has 0 saturated carbocycles. The van der Waals surface area contributed by atoms with Crippen molar-refractivity contribution >= 4 is 5.97 Å². The smallest absolute Gasteiger partial charge is 0.308 e. The van der Waals surface area contributed by atoms with Crippen LogP contribution in [0.5, 0.6) is 0 Å². The molecule has 15 heavy (non-hydrogen) atoms. The second-order valence-corrected chi connectivity index (χ2v) is 4.30. The van der Waals surface area contributed by atoms with E-state index >= 15 is 0 Å². The highest BCUT2D eigenvalue weighted by Gasteiger charge is 2.33. The lowest BCUT2D eigenvalue weighted by molar-refractivity contribution is -0.146. The van der Waals surface area contributed by atoms with Gasteiger partial charge in [-0.25, -0.2) is 0 Å². The number of ether oxygens (including phenoxy) is 1. The number of carboxylic acids is 1. The van der Waals surface area contributed by atoms with Crippen molar-refractivity contribution in [1.29, 1.82) is 0 Å². The third-order valence-corrected chi connectivity index (χ3v) is 3.09. The highest BCUT2D eigenvalue weighted by Crippen LogP contribution is 2.28. The Morgan fingerprint density at radius 2 is 2.20 bits per heavy atom. The quantitative estimate of drug-likeness (QED) is 0.729. The third-order valence-electron chi connectivity index (χ3n) is 3.09. The van der Waals surface area contributed by atoms with Crippen molar-refractivity contribution in [3.63, 3.8) is 0 Å². The van der Waals surface area contributed by atoms with Gasteiger partial charge in [0.1, 0.15) is 0 Å². The van der Waals surface area contributed by atoms with E-state index in [9.17, 15) is 9.90 Å². The summed E-state index contributed by atoms with van der Waals surface area (Å²) >= 11 is 0. The molecule has 88 valence electrons. The number of hydrogen-bond acceptors (Lipinski definition) is 3. The monoisotopic (exact) mass is 216 g/mol. The van der Waals surface area contributed by atoms with Crippen LogP contribution in [0.1, 0.15) is 39.5 Å². The number of aliphatic hydroxyl groups excluding tert-OH is 1. The first-order valence-corrected chi connectivity index (χ1v) is 5.61. The van der Waals surface area contributed by atoms with E-state index in [0.29, 0.717) is 6.42 Å². The Hall–Kier alpha value is -0.610. The number of rotatable bonds is 5. The Kier molecular flexibility index (Phi) is 4.54. The van der Waals surface area contributed by atoms with Crippen LogP contribution in [0.2, 0.25) is 0 Å². The second kappa shape index (κ2) is 5.47. The fourth-order valence-electron chi connectivity index (χ4n) is 1.90. The van der Waals surface area contributed by atoms with Crippen molar-refractivity contribution < 1.29 is 19.7 Å². The van der Waals surface area contributed by atoms with Gasteiger partial charge in [-0.05, 0) is 32.6 Å². The van der Waals surface area contributed by atoms with Gasteiger partial charge in [0.2, 0.25) is 0 Å². The van der Waals surface area contributed by atoms with Gasteiger partial charge in [-0.3, -0.25) is 4.79 Å². The van der Waals surface area contributed by atoms with Crippen molar-refractivity contribution in [2.24, 2.45) is 5.92 Å². The van der Waals surface area contributed by atoms with Gasteiger partial charge in [0.25, 0.3) is 0 Å². The molecule has 1 aliphatic rings. The molecule has 1 heterocycles. The van der Waals surface area contributed by atoms with Crippen LogP contribution >= 0.6 is 0 Å². The zero-order chi connectivity index (χ0) is 11.4. The molecule has 4 heteroatoms. The summed E-state index contributed by atoms with van der Waals surface area (Å²) in [7, 11) is 0. The standard InChI is InChI=1S/C11H20O4/c1-3-8(12)6-9-4-5-10(15-9)7(2)11(13)14/h7-10,12H,3-6H2,1-2H3,(H,13,14)/t7-,8+,9?,10?/m1/s1. The molecule has 0 spiro atoms. The van der Waals surface area contributed by atoms with E-state index in [1.807, 2.05) is 6.92 Å². The number of aliphatic hydroxyl groups is 1. The molecular weight excluding hydrogens is 196 g/mol. The predicted molar refractivity (Wildman–Crippen MR) is 55.6 cm³/mol. The molecule has 1 aliphatic heterocycles. The predicted octanol–water partition coefficient (Wildman–Crippen LogP) is 1.42. The summed E-state index contributed by atoms with van der Waals surface area (Å²) in [6, 6.07) is 0. The normalized spacial score (nSPS) is 30.1. The molecule has 0 aliphatic carbocycles. The fraction of sp³-hybridized carbons (Fsp3) is 0.909. The van der Waals surface area contributed by atoms with Gasteiger partial charge < -0.3 is 14.9 Å². The summed E-state index contributed by atoms with van der Waals surface area (Å²) < 4.78 is 5.62. The van der Waals surface area contributed by atoms with E-state index < -0.39 is 11.9 Å². The molecule has 0 aromatic carbocycles. The molecule has 4 nitrogen and oxygen atoms in total. The summed E-state index contributed by atoms with van der Waals surface area (Å²) in [5, 5.41) is 18.3. The summed E-state index contributed by atoms with van der Waals surface area (Å²) in [5.41, 5.74) is 0. The number of carboxylic acid groups (broad SMARTS) is 1. The average Bonchev–Trinajstić information content (AvgIpc) is 2.64. The van der Waals surface area contributed by atoms with Crippen LogP contribution in [-0.2, 0) is 9.53 Å². The first kappa shape index (κ1) is 12.5. The fourth-order valence-corrected chi connectivity index (χ4v) is 1.90. The summed E-state index contributed by atoms with van der Waals surface area (Å²) in [6.07, 6.45) is 2.52. The molecule has 2 unspecified atom stereocenters. The van der Waals surface area contributed by atoms with E-state index in [-0.39, 0.29) is 18.3 Å². The van der Waals surface area contributed by atoms with Crippen LogP contribution in [0.3, 0.4) is 0 Å². The second-order valence-electron chi connectivity index (χ2n) is 4.30. The van der Waals surface area contributed by atoms with Crippen LogP contribution in [0, 0.1) is 5.92 Å². The maximum Gasteiger partial charge on any atom is 0.308 e. The largest absolute Gasteiger partial charge is 0.481 e. The van der Waals surface area contributed by atoms with Crippen LogP contribution in [0.15, 0.2) is 0 Å². The Balaban J connectivity index is 2.35. The van der Waals surface area contributed by atoms with E-state index in [0.717, 1.165) is 19.3 Å². The first-order valence-electron chi connectivity index (χ1n) is 5.61. The molecule has 1 rings (SSSR count). The topological polar surface area (TPSA) is 66.8 Å². The Morgan fingerprint density at radius 1 is 1.53 bits per heavy atom. The summed E-state index contributed by atoms with van der Waals surface area (Å²) in [6.45, 7) is 3.60. The van der Waals surface area contributed by atoms with Gasteiger partial charge in [0, 0.05) is 0 Å². The van der Waals surface area contributed by atoms with E-state index in [1.54, 1.807) is 6.92 Å². The van der Waals surface area contributed by atoms with Crippen molar-refractivity contribution in [3.8, 4) is 0 Å². The zero-order valence-corrected chi connectivity index (χ0v) is 9.35. The maximum atomic E-state index is 10.7. The minimum atomic E-state index is -0.809. The van der Waals surface area contributed by atoms with Crippen LogP contribution in [0.4, 0.5) is 0 Å². The van der Waals surface area contributed by atoms with Crippen molar-refractivity contribution in [2.45, 2.75) is 57.8 Å². The first-order chi connectivity index (χ1) is 7.04. The maximum absolute atomic E-state index is 10.7. The SMILES string of the molecule is CC[C@H](O)CC1CCC([C@@H](C)C(=O)O)O1. The molecule has 0 aromatic heterocycles. The average molecular weight is 216 g/mol. The highest BCUT2D eigenvalue weighted by molar-refractivity contribution is 5.70. The van der Waals surface area contributed by atoms with Gasteiger partial charge >= 0.3 is 5.97 Å². The lowest BCUT2D eigenvalue weighted by Crippen LogP contribution is -2.26. The number of hydrogen-bond donors (Lipinski definition) is 2. The van der Waals surface area contributed by atoms with Crippen LogP contribution < -0.4 is 0 Å². The van der Waals surface area contributed by atoms with Crippen LogP contribution in [0.25, 0.3) is 0 Å². The van der Waals surface area contributed by atoms with Gasteiger partial charge in [-0.2, -0.15) is 0 Å². The highest BCUT2D eigenvalue weighted by atomic mass is 16.5. The Bertz CT molecular complexity index is 217. The van der Waals surface area contributed by atoms with Gasteiger partial charge in [0.15, 0.2) is 0 Å². The summed E-state index contributed by atoms with van der Waals surface area (Å²) in [5.74, 6) is -1.26. The molecule has 1 saturated heterocycles. The molecule has 2 N–H and O–H groups in total. The van der Waals surface area contributed by atoms with E-state index in [4.69, 9.17) is 9.84 Å². The lowest BCUT2D eigenvalue weighted by Gasteiger charge is -2.18. The number of carbonyl (C=O) groups is 1. The zero-order valence-electron chi connectivity index (χ0n) is 9.35. The Morgan fingerprint density at radius 3 is 2.73 bits per heavy atom. The van der Waals surface area contributed by atoms with Gasteiger partial charge in [-0.15, -0.1) is 0 Å². The molecule has 4 atom stereocenters. The van der Waals surface area contributed by atoms with E-state index in [2.05, 4.69) is 0 Å². The van der Waals surface area contributed by atoms with Gasteiger partial charge in [0.05, 0.1) is 24.2 Å². The van der Waals surface area contributed by atoms with Crippen molar-refractivity contribution in [2.75, 3.05) is 0 Å². The molecule has 0 aromatic rings. The lowest BCUT2D eigenvalue weighted by atomic mass is 10.0. The van der Waals surface area contributed by atoms with Crippen LogP contribution in [-0.4, -0.2) is 34.5 Å². The van der Waals surface area contributed by atoms with Gasteiger partial charge in [-0.1, -0.05) is 6.92 Å². The molecule has 0 bridgehead atoms.